The number of nitrogens with zero attached hydrogens (tertiary/aromatic N) is 1. The molecule has 0 saturated carbocycles. The molecule has 4 rings (SSSR count). The molecule has 2 amide bonds. The van der Waals surface area contributed by atoms with Crippen LogP contribution < -0.4 is 15.4 Å². The fourth-order valence-electron chi connectivity index (χ4n) is 3.18. The van der Waals surface area contributed by atoms with E-state index < -0.39 is 10.8 Å². The number of rotatable bonds is 9. The molecule has 0 saturated heterocycles. The summed E-state index contributed by atoms with van der Waals surface area (Å²) in [4.78, 5) is 35.9. The Hall–Kier alpha value is -4.63. The molecule has 36 heavy (non-hydrogen) atoms. The topological polar surface area (TPSA) is 111 Å². The first-order chi connectivity index (χ1) is 17.5. The molecule has 0 spiro atoms. The third-order valence-corrected chi connectivity index (χ3v) is 5.93. The number of hydrogen-bond acceptors (Lipinski definition) is 6. The van der Waals surface area contributed by atoms with Crippen LogP contribution in [0.5, 0.6) is 11.5 Å². The molecule has 0 atom stereocenters. The lowest BCUT2D eigenvalue weighted by Crippen LogP contribution is -2.14. The SMILES string of the molecule is O=C(CSc1ccc(NC(=O)c2cccc([N+](=O)[O-])c2)cc1)Nc1ccc(Oc2ccccc2)cc1. The maximum Gasteiger partial charge on any atom is 0.270 e. The van der Waals surface area contributed by atoms with Gasteiger partial charge in [0.25, 0.3) is 11.6 Å². The summed E-state index contributed by atoms with van der Waals surface area (Å²) in [5, 5.41) is 16.5. The Morgan fingerprint density at radius 3 is 2.11 bits per heavy atom. The van der Waals surface area contributed by atoms with Crippen LogP contribution in [0.1, 0.15) is 10.4 Å². The number of thioether (sulfide) groups is 1. The molecule has 0 radical (unpaired) electrons. The number of ether oxygens (including phenoxy) is 1. The minimum absolute atomic E-state index is 0.149. The van der Waals surface area contributed by atoms with Crippen LogP contribution in [0.3, 0.4) is 0 Å². The number of amides is 2. The zero-order chi connectivity index (χ0) is 25.3. The molecule has 0 unspecified atom stereocenters. The van der Waals surface area contributed by atoms with Crippen LogP contribution in [0.4, 0.5) is 17.1 Å². The first kappa shape index (κ1) is 24.5. The van der Waals surface area contributed by atoms with E-state index in [9.17, 15) is 19.7 Å². The molecule has 9 heteroatoms. The summed E-state index contributed by atoms with van der Waals surface area (Å²) < 4.78 is 5.75. The quantitative estimate of drug-likeness (QED) is 0.157. The van der Waals surface area contributed by atoms with Crippen molar-refractivity contribution in [2.24, 2.45) is 0 Å². The Bertz CT molecular complexity index is 1360. The van der Waals surface area contributed by atoms with E-state index in [0.717, 1.165) is 10.6 Å². The van der Waals surface area contributed by atoms with Gasteiger partial charge in [-0.15, -0.1) is 11.8 Å². The highest BCUT2D eigenvalue weighted by Crippen LogP contribution is 2.24. The van der Waals surface area contributed by atoms with Crippen molar-refractivity contribution in [2.75, 3.05) is 16.4 Å². The van der Waals surface area contributed by atoms with Crippen LogP contribution in [-0.2, 0) is 4.79 Å². The average molecular weight is 500 g/mol. The Labute approximate surface area is 211 Å². The standard InChI is InChI=1S/C27H21N3O5S/c31-26(28-20-9-13-24(14-10-20)35-23-7-2-1-3-8-23)18-36-25-15-11-21(12-16-25)29-27(32)19-5-4-6-22(17-19)30(33)34/h1-17H,18H2,(H,28,31)(H,29,32). The average Bonchev–Trinajstić information content (AvgIpc) is 2.90. The molecule has 180 valence electrons. The van der Waals surface area contributed by atoms with Crippen molar-refractivity contribution >= 4 is 40.6 Å². The zero-order valence-electron chi connectivity index (χ0n) is 18.9. The van der Waals surface area contributed by atoms with Gasteiger partial charge in [-0.2, -0.15) is 0 Å². The van der Waals surface area contributed by atoms with Crippen molar-refractivity contribution in [3.63, 3.8) is 0 Å². The van der Waals surface area contributed by atoms with Crippen LogP contribution in [0.2, 0.25) is 0 Å². The van der Waals surface area contributed by atoms with Gasteiger partial charge in [0.05, 0.1) is 10.7 Å². The Morgan fingerprint density at radius 1 is 0.778 bits per heavy atom. The highest BCUT2D eigenvalue weighted by atomic mass is 32.2. The zero-order valence-corrected chi connectivity index (χ0v) is 19.7. The van der Waals surface area contributed by atoms with Crippen molar-refractivity contribution in [3.05, 3.63) is 119 Å². The molecule has 2 N–H and O–H groups in total. The largest absolute Gasteiger partial charge is 0.457 e. The van der Waals surface area contributed by atoms with Crippen LogP contribution >= 0.6 is 11.8 Å². The van der Waals surface area contributed by atoms with E-state index in [-0.39, 0.29) is 22.9 Å². The van der Waals surface area contributed by atoms with Crippen molar-refractivity contribution in [1.29, 1.82) is 0 Å². The molecular weight excluding hydrogens is 478 g/mol. The summed E-state index contributed by atoms with van der Waals surface area (Å²) in [5.74, 6) is 1.02. The maximum absolute atomic E-state index is 12.4. The fourth-order valence-corrected chi connectivity index (χ4v) is 3.87. The number of non-ortho nitro benzene ring substituents is 1. The molecule has 0 aliphatic heterocycles. The van der Waals surface area contributed by atoms with Crippen LogP contribution in [-0.4, -0.2) is 22.5 Å². The summed E-state index contributed by atoms with van der Waals surface area (Å²) in [6.07, 6.45) is 0. The van der Waals surface area contributed by atoms with E-state index in [0.29, 0.717) is 17.1 Å². The lowest BCUT2D eigenvalue weighted by Gasteiger charge is -2.09. The number of anilines is 2. The van der Waals surface area contributed by atoms with Gasteiger partial charge < -0.3 is 15.4 Å². The highest BCUT2D eigenvalue weighted by Gasteiger charge is 2.12. The van der Waals surface area contributed by atoms with E-state index in [2.05, 4.69) is 10.6 Å². The van der Waals surface area contributed by atoms with Crippen molar-refractivity contribution < 1.29 is 19.2 Å². The molecule has 0 heterocycles. The van der Waals surface area contributed by atoms with E-state index in [1.165, 1.54) is 36.0 Å². The van der Waals surface area contributed by atoms with Crippen molar-refractivity contribution in [3.8, 4) is 11.5 Å². The molecule has 0 aromatic heterocycles. The second kappa shape index (κ2) is 11.7. The van der Waals surface area contributed by atoms with Crippen LogP contribution in [0.15, 0.2) is 108 Å². The Balaban J connectivity index is 1.25. The predicted octanol–water partition coefficient (Wildman–Crippen LogP) is 6.37. The molecule has 0 fully saturated rings. The predicted molar refractivity (Wildman–Crippen MR) is 140 cm³/mol. The molecular formula is C27H21N3O5S. The molecule has 0 aliphatic carbocycles. The van der Waals surface area contributed by atoms with Crippen molar-refractivity contribution in [2.45, 2.75) is 4.90 Å². The summed E-state index contributed by atoms with van der Waals surface area (Å²) >= 11 is 1.36. The molecule has 0 bridgehead atoms. The van der Waals surface area contributed by atoms with E-state index in [1.54, 1.807) is 48.5 Å². The van der Waals surface area contributed by atoms with Gasteiger partial charge in [0.1, 0.15) is 11.5 Å². The second-order valence-corrected chi connectivity index (χ2v) is 8.61. The minimum Gasteiger partial charge on any atom is -0.457 e. The van der Waals surface area contributed by atoms with Gasteiger partial charge in [-0.1, -0.05) is 24.3 Å². The van der Waals surface area contributed by atoms with E-state index in [4.69, 9.17) is 4.74 Å². The van der Waals surface area contributed by atoms with Crippen LogP contribution in [0.25, 0.3) is 0 Å². The van der Waals surface area contributed by atoms with Gasteiger partial charge in [0.15, 0.2) is 0 Å². The third kappa shape index (κ3) is 6.94. The number of para-hydroxylation sites is 1. The number of carbonyl (C=O) groups excluding carboxylic acids is 2. The first-order valence-corrected chi connectivity index (χ1v) is 11.9. The normalized spacial score (nSPS) is 10.3. The number of nitro groups is 1. The highest BCUT2D eigenvalue weighted by molar-refractivity contribution is 8.00. The first-order valence-electron chi connectivity index (χ1n) is 10.9. The summed E-state index contributed by atoms with van der Waals surface area (Å²) in [6.45, 7) is 0. The van der Waals surface area contributed by atoms with Crippen LogP contribution in [0, 0.1) is 10.1 Å². The summed E-state index contributed by atoms with van der Waals surface area (Å²) in [5.41, 5.74) is 1.25. The number of nitrogens with one attached hydrogen (secondary N) is 2. The monoisotopic (exact) mass is 499 g/mol. The second-order valence-electron chi connectivity index (χ2n) is 7.56. The number of hydrogen-bond donors (Lipinski definition) is 2. The summed E-state index contributed by atoms with van der Waals surface area (Å²) in [7, 11) is 0. The fraction of sp³-hybridized carbons (Fsp3) is 0.0370. The van der Waals surface area contributed by atoms with E-state index in [1.807, 2.05) is 30.3 Å². The van der Waals surface area contributed by atoms with Gasteiger partial charge in [-0.3, -0.25) is 19.7 Å². The maximum atomic E-state index is 12.4. The summed E-state index contributed by atoms with van der Waals surface area (Å²) in [6, 6.07) is 29.1. The lowest BCUT2D eigenvalue weighted by molar-refractivity contribution is -0.384. The lowest BCUT2D eigenvalue weighted by atomic mass is 10.2. The number of carbonyl (C=O) groups is 2. The molecule has 0 aliphatic rings. The van der Waals surface area contributed by atoms with Crippen molar-refractivity contribution in [1.82, 2.24) is 0 Å². The van der Waals surface area contributed by atoms with Gasteiger partial charge in [-0.25, -0.2) is 0 Å². The molecule has 4 aromatic rings. The molecule has 8 nitrogen and oxygen atoms in total. The minimum atomic E-state index is -0.547. The Kier molecular flexibility index (Phi) is 7.94. The van der Waals surface area contributed by atoms with Gasteiger partial charge in [0.2, 0.25) is 5.91 Å². The Morgan fingerprint density at radius 2 is 1.42 bits per heavy atom. The van der Waals surface area contributed by atoms with Gasteiger partial charge in [0, 0.05) is 34.0 Å². The number of nitro benzene ring substituents is 1. The van der Waals surface area contributed by atoms with Gasteiger partial charge in [-0.05, 0) is 66.7 Å². The molecule has 4 aromatic carbocycles. The smallest absolute Gasteiger partial charge is 0.270 e. The third-order valence-electron chi connectivity index (χ3n) is 4.92. The van der Waals surface area contributed by atoms with Gasteiger partial charge >= 0.3 is 0 Å². The van der Waals surface area contributed by atoms with E-state index >= 15 is 0 Å². The number of benzene rings is 4.